The number of aromatic nitrogens is 1. The van der Waals surface area contributed by atoms with Crippen LogP contribution in [0.2, 0.25) is 0 Å². The number of hydrazine groups is 1. The van der Waals surface area contributed by atoms with E-state index in [4.69, 9.17) is 11.6 Å². The molecule has 9 heteroatoms. The standard InChI is InChI=1S/C8H13N5O3S/c9-7(14)3-4-12-17(15,16)6-1-2-8(13-10)11-5-6/h1-2,5,12H,3-4,10H2,(H2,9,14)(H,11,13). The molecule has 0 saturated heterocycles. The molecule has 8 nitrogen and oxygen atoms in total. The third kappa shape index (κ3) is 3.98. The van der Waals surface area contributed by atoms with Crippen LogP contribution in [-0.4, -0.2) is 25.9 Å². The van der Waals surface area contributed by atoms with Gasteiger partial charge < -0.3 is 11.2 Å². The van der Waals surface area contributed by atoms with Crippen molar-refractivity contribution in [3.8, 4) is 0 Å². The molecule has 0 radical (unpaired) electrons. The average molecular weight is 259 g/mol. The van der Waals surface area contributed by atoms with Crippen molar-refractivity contribution in [2.24, 2.45) is 11.6 Å². The number of nitrogens with one attached hydrogen (secondary N) is 2. The zero-order chi connectivity index (χ0) is 12.9. The maximum atomic E-state index is 11.7. The van der Waals surface area contributed by atoms with E-state index in [0.29, 0.717) is 5.82 Å². The molecule has 0 aliphatic rings. The first-order valence-corrected chi connectivity index (χ1v) is 6.14. The Morgan fingerprint density at radius 3 is 2.59 bits per heavy atom. The summed E-state index contributed by atoms with van der Waals surface area (Å²) in [5.41, 5.74) is 7.17. The first-order chi connectivity index (χ1) is 7.95. The van der Waals surface area contributed by atoms with Gasteiger partial charge in [0.05, 0.1) is 0 Å². The fourth-order valence-corrected chi connectivity index (χ4v) is 1.99. The second-order valence-corrected chi connectivity index (χ2v) is 4.90. The first kappa shape index (κ1) is 13.4. The van der Waals surface area contributed by atoms with E-state index in [1.54, 1.807) is 0 Å². The molecule has 1 heterocycles. The van der Waals surface area contributed by atoms with Crippen molar-refractivity contribution >= 4 is 21.7 Å². The smallest absolute Gasteiger partial charge is 0.242 e. The van der Waals surface area contributed by atoms with Gasteiger partial charge in [-0.2, -0.15) is 0 Å². The van der Waals surface area contributed by atoms with Crippen LogP contribution in [0.15, 0.2) is 23.2 Å². The number of sulfonamides is 1. The molecule has 17 heavy (non-hydrogen) atoms. The summed E-state index contributed by atoms with van der Waals surface area (Å²) in [4.78, 5) is 14.2. The van der Waals surface area contributed by atoms with Crippen LogP contribution in [0.5, 0.6) is 0 Å². The number of hydrogen-bond donors (Lipinski definition) is 4. The molecule has 1 aromatic rings. The van der Waals surface area contributed by atoms with Gasteiger partial charge in [0.15, 0.2) is 0 Å². The summed E-state index contributed by atoms with van der Waals surface area (Å²) in [6.07, 6.45) is 1.09. The van der Waals surface area contributed by atoms with E-state index in [1.807, 2.05) is 0 Å². The maximum Gasteiger partial charge on any atom is 0.242 e. The molecule has 94 valence electrons. The molecule has 0 unspecified atom stereocenters. The molecule has 0 aromatic carbocycles. The van der Waals surface area contributed by atoms with Crippen LogP contribution in [0.4, 0.5) is 5.82 Å². The summed E-state index contributed by atoms with van der Waals surface area (Å²) in [5, 5.41) is 0. The van der Waals surface area contributed by atoms with Crippen LogP contribution in [0.3, 0.4) is 0 Å². The molecule has 0 atom stereocenters. The second-order valence-electron chi connectivity index (χ2n) is 3.14. The average Bonchev–Trinajstić information content (AvgIpc) is 2.28. The van der Waals surface area contributed by atoms with Gasteiger partial charge in [-0.1, -0.05) is 0 Å². The molecule has 1 aromatic heterocycles. The van der Waals surface area contributed by atoms with Gasteiger partial charge in [-0.15, -0.1) is 0 Å². The van der Waals surface area contributed by atoms with E-state index in [9.17, 15) is 13.2 Å². The molecule has 0 bridgehead atoms. The van der Waals surface area contributed by atoms with Crippen LogP contribution in [0, 0.1) is 0 Å². The zero-order valence-electron chi connectivity index (χ0n) is 8.88. The molecular formula is C8H13N5O3S. The Labute approximate surface area is 98.4 Å². The summed E-state index contributed by atoms with van der Waals surface area (Å²) in [7, 11) is -3.67. The number of anilines is 1. The maximum absolute atomic E-state index is 11.7. The highest BCUT2D eigenvalue weighted by Gasteiger charge is 2.13. The highest BCUT2D eigenvalue weighted by molar-refractivity contribution is 7.89. The van der Waals surface area contributed by atoms with Crippen molar-refractivity contribution < 1.29 is 13.2 Å². The number of nitrogens with zero attached hydrogens (tertiary/aromatic N) is 1. The molecule has 0 aliphatic heterocycles. The zero-order valence-corrected chi connectivity index (χ0v) is 9.70. The van der Waals surface area contributed by atoms with Gasteiger partial charge >= 0.3 is 0 Å². The van der Waals surface area contributed by atoms with E-state index in [0.717, 1.165) is 6.20 Å². The van der Waals surface area contributed by atoms with E-state index in [2.05, 4.69) is 15.1 Å². The number of carbonyl (C=O) groups excluding carboxylic acids is 1. The Kier molecular flexibility index (Phi) is 4.37. The quantitative estimate of drug-likeness (QED) is 0.363. The van der Waals surface area contributed by atoms with Gasteiger partial charge in [0.25, 0.3) is 0 Å². The van der Waals surface area contributed by atoms with E-state index in [1.165, 1.54) is 12.1 Å². The molecule has 0 fully saturated rings. The van der Waals surface area contributed by atoms with Crippen LogP contribution < -0.4 is 21.7 Å². The molecule has 6 N–H and O–H groups in total. The minimum Gasteiger partial charge on any atom is -0.370 e. The van der Waals surface area contributed by atoms with Crippen molar-refractivity contribution in [2.75, 3.05) is 12.0 Å². The van der Waals surface area contributed by atoms with Crippen LogP contribution in [0.1, 0.15) is 6.42 Å². The third-order valence-electron chi connectivity index (χ3n) is 1.86. The lowest BCUT2D eigenvalue weighted by Crippen LogP contribution is -2.28. The van der Waals surface area contributed by atoms with Gasteiger partial charge in [0, 0.05) is 19.2 Å². The number of amides is 1. The first-order valence-electron chi connectivity index (χ1n) is 4.66. The molecule has 1 rings (SSSR count). The van der Waals surface area contributed by atoms with Gasteiger partial charge in [0.1, 0.15) is 10.7 Å². The van der Waals surface area contributed by atoms with E-state index < -0.39 is 15.9 Å². The topological polar surface area (TPSA) is 140 Å². The lowest BCUT2D eigenvalue weighted by atomic mass is 10.4. The van der Waals surface area contributed by atoms with Gasteiger partial charge in [0.2, 0.25) is 15.9 Å². The normalized spacial score (nSPS) is 11.1. The molecule has 0 saturated carbocycles. The predicted molar refractivity (Wildman–Crippen MR) is 61.0 cm³/mol. The van der Waals surface area contributed by atoms with Crippen molar-refractivity contribution in [3.05, 3.63) is 18.3 Å². The van der Waals surface area contributed by atoms with Gasteiger partial charge in [-0.05, 0) is 12.1 Å². The minimum absolute atomic E-state index is 0.0130. The number of nitrogen functional groups attached to an aromatic ring is 1. The molecule has 0 aliphatic carbocycles. The van der Waals surface area contributed by atoms with Gasteiger partial charge in [-0.25, -0.2) is 24.0 Å². The number of pyridine rings is 1. The Balaban J connectivity index is 2.72. The minimum atomic E-state index is -3.67. The van der Waals surface area contributed by atoms with E-state index >= 15 is 0 Å². The lowest BCUT2D eigenvalue weighted by Gasteiger charge is -2.05. The predicted octanol–water partition coefficient (Wildman–Crippen LogP) is -1.48. The summed E-state index contributed by atoms with van der Waals surface area (Å²) in [5.74, 6) is 4.87. The number of rotatable bonds is 6. The molecule has 0 spiro atoms. The summed E-state index contributed by atoms with van der Waals surface area (Å²) < 4.78 is 25.5. The molecular weight excluding hydrogens is 246 g/mol. The lowest BCUT2D eigenvalue weighted by molar-refractivity contribution is -0.117. The monoisotopic (exact) mass is 259 g/mol. The van der Waals surface area contributed by atoms with Crippen molar-refractivity contribution in [1.82, 2.24) is 9.71 Å². The van der Waals surface area contributed by atoms with Crippen LogP contribution >= 0.6 is 0 Å². The Morgan fingerprint density at radius 2 is 2.12 bits per heavy atom. The second kappa shape index (κ2) is 5.57. The summed E-state index contributed by atoms with van der Waals surface area (Å²) >= 11 is 0. The largest absolute Gasteiger partial charge is 0.370 e. The third-order valence-corrected chi connectivity index (χ3v) is 3.30. The summed E-state index contributed by atoms with van der Waals surface area (Å²) in [6.45, 7) is -0.0471. The summed E-state index contributed by atoms with van der Waals surface area (Å²) in [6, 6.07) is 2.76. The van der Waals surface area contributed by atoms with Crippen molar-refractivity contribution in [1.29, 1.82) is 0 Å². The number of carbonyl (C=O) groups is 1. The SMILES string of the molecule is NNc1ccc(S(=O)(=O)NCCC(N)=O)cn1. The highest BCUT2D eigenvalue weighted by Crippen LogP contribution is 2.09. The highest BCUT2D eigenvalue weighted by atomic mass is 32.2. The number of nitrogens with two attached hydrogens (primary N) is 2. The van der Waals surface area contributed by atoms with Crippen molar-refractivity contribution in [2.45, 2.75) is 11.3 Å². The molecule has 1 amide bonds. The fraction of sp³-hybridized carbons (Fsp3) is 0.250. The number of primary amides is 1. The van der Waals surface area contributed by atoms with E-state index in [-0.39, 0.29) is 17.9 Å². The Hall–Kier alpha value is -1.71. The van der Waals surface area contributed by atoms with Crippen LogP contribution in [0.25, 0.3) is 0 Å². The Morgan fingerprint density at radius 1 is 1.41 bits per heavy atom. The Bertz CT molecular complexity index is 484. The van der Waals surface area contributed by atoms with Gasteiger partial charge in [-0.3, -0.25) is 4.79 Å². The van der Waals surface area contributed by atoms with Crippen LogP contribution in [-0.2, 0) is 14.8 Å². The fourth-order valence-electron chi connectivity index (χ4n) is 1.02. The number of hydrogen-bond acceptors (Lipinski definition) is 6. The van der Waals surface area contributed by atoms with Crippen molar-refractivity contribution in [3.63, 3.8) is 0 Å².